The van der Waals surface area contributed by atoms with Crippen LogP contribution in [0.5, 0.6) is 0 Å². The minimum absolute atomic E-state index is 0.197. The van der Waals surface area contributed by atoms with Gasteiger partial charge in [-0.1, -0.05) is 6.07 Å². The van der Waals surface area contributed by atoms with Crippen LogP contribution in [0.2, 0.25) is 0 Å². The third-order valence-electron chi connectivity index (χ3n) is 4.45. The lowest BCUT2D eigenvalue weighted by atomic mass is 10.1. The molecule has 0 spiro atoms. The largest absolute Gasteiger partial charge is 0.348 e. The van der Waals surface area contributed by atoms with E-state index in [0.717, 1.165) is 16.0 Å². The van der Waals surface area contributed by atoms with E-state index in [1.165, 1.54) is 18.2 Å². The van der Waals surface area contributed by atoms with Crippen LogP contribution in [0.4, 0.5) is 5.82 Å². The van der Waals surface area contributed by atoms with Gasteiger partial charge < -0.3 is 5.32 Å². The Kier molecular flexibility index (Phi) is 4.41. The molecule has 28 heavy (non-hydrogen) atoms. The standard InChI is InChI=1S/C21H16N4O3/c1-13-6-8-23-18(9-13)25-20(27)16-5-4-15(10-17(16)21(25)28)19(26)24-12-14-3-2-7-22-11-14/h2-11H,12H2,1H3,(H,24,26). The van der Waals surface area contributed by atoms with Crippen molar-refractivity contribution in [2.75, 3.05) is 4.90 Å². The van der Waals surface area contributed by atoms with E-state index in [1.807, 2.05) is 13.0 Å². The summed E-state index contributed by atoms with van der Waals surface area (Å²) in [5.41, 5.74) is 2.51. The highest BCUT2D eigenvalue weighted by Gasteiger charge is 2.37. The zero-order chi connectivity index (χ0) is 19.7. The number of hydrogen-bond donors (Lipinski definition) is 1. The van der Waals surface area contributed by atoms with Gasteiger partial charge in [-0.3, -0.25) is 19.4 Å². The molecule has 1 aromatic carbocycles. The molecule has 0 saturated carbocycles. The molecule has 138 valence electrons. The second kappa shape index (κ2) is 7.03. The van der Waals surface area contributed by atoms with Crippen molar-refractivity contribution in [2.45, 2.75) is 13.5 Å². The van der Waals surface area contributed by atoms with Crippen molar-refractivity contribution in [3.63, 3.8) is 0 Å². The first kappa shape index (κ1) is 17.5. The van der Waals surface area contributed by atoms with E-state index in [4.69, 9.17) is 0 Å². The van der Waals surface area contributed by atoms with E-state index in [1.54, 1.807) is 36.8 Å². The number of carbonyl (C=O) groups is 3. The molecule has 0 bridgehead atoms. The molecule has 0 unspecified atom stereocenters. The first-order chi connectivity index (χ1) is 13.5. The highest BCUT2D eigenvalue weighted by Crippen LogP contribution is 2.28. The van der Waals surface area contributed by atoms with Crippen LogP contribution in [0.25, 0.3) is 0 Å². The Balaban J connectivity index is 1.57. The molecule has 7 heteroatoms. The molecule has 4 rings (SSSR count). The molecule has 1 N–H and O–H groups in total. The molecular formula is C21H16N4O3. The van der Waals surface area contributed by atoms with Gasteiger partial charge in [0.05, 0.1) is 11.1 Å². The van der Waals surface area contributed by atoms with Crippen molar-refractivity contribution in [3.8, 4) is 0 Å². The average molecular weight is 372 g/mol. The van der Waals surface area contributed by atoms with Gasteiger partial charge in [0.25, 0.3) is 17.7 Å². The second-order valence-electron chi connectivity index (χ2n) is 6.44. The molecular weight excluding hydrogens is 356 g/mol. The van der Waals surface area contributed by atoms with Crippen LogP contribution in [0, 0.1) is 6.92 Å². The number of aryl methyl sites for hydroxylation is 1. The Morgan fingerprint density at radius 3 is 2.61 bits per heavy atom. The maximum absolute atomic E-state index is 12.8. The summed E-state index contributed by atoms with van der Waals surface area (Å²) in [5.74, 6) is -0.992. The number of aromatic nitrogens is 2. The summed E-state index contributed by atoms with van der Waals surface area (Å²) in [6.45, 7) is 2.17. The fourth-order valence-electron chi connectivity index (χ4n) is 3.02. The number of amides is 3. The molecule has 0 fully saturated rings. The van der Waals surface area contributed by atoms with Gasteiger partial charge in [0.1, 0.15) is 5.82 Å². The van der Waals surface area contributed by atoms with E-state index in [2.05, 4.69) is 15.3 Å². The monoisotopic (exact) mass is 372 g/mol. The number of benzene rings is 1. The number of rotatable bonds is 4. The fourth-order valence-corrected chi connectivity index (χ4v) is 3.02. The van der Waals surface area contributed by atoms with Gasteiger partial charge in [0.2, 0.25) is 0 Å². The summed E-state index contributed by atoms with van der Waals surface area (Å²) in [6, 6.07) is 11.6. The van der Waals surface area contributed by atoms with Gasteiger partial charge in [-0.2, -0.15) is 0 Å². The van der Waals surface area contributed by atoms with E-state index in [0.29, 0.717) is 12.1 Å². The lowest BCUT2D eigenvalue weighted by molar-refractivity contribution is 0.0922. The second-order valence-corrected chi connectivity index (χ2v) is 6.44. The van der Waals surface area contributed by atoms with Crippen LogP contribution in [-0.2, 0) is 6.54 Å². The van der Waals surface area contributed by atoms with Crippen LogP contribution >= 0.6 is 0 Å². The van der Waals surface area contributed by atoms with Crippen molar-refractivity contribution in [3.05, 3.63) is 88.9 Å². The maximum Gasteiger partial charge on any atom is 0.267 e. The van der Waals surface area contributed by atoms with Gasteiger partial charge in [0.15, 0.2) is 0 Å². The molecule has 3 aromatic rings. The van der Waals surface area contributed by atoms with Crippen molar-refractivity contribution < 1.29 is 14.4 Å². The summed E-state index contributed by atoms with van der Waals surface area (Å²) in [5, 5.41) is 2.78. The molecule has 0 atom stereocenters. The van der Waals surface area contributed by atoms with Gasteiger partial charge in [-0.15, -0.1) is 0 Å². The van der Waals surface area contributed by atoms with Crippen LogP contribution in [0.1, 0.15) is 42.2 Å². The number of pyridine rings is 2. The quantitative estimate of drug-likeness (QED) is 0.711. The summed E-state index contributed by atoms with van der Waals surface area (Å²) < 4.78 is 0. The molecule has 3 amide bonds. The smallest absolute Gasteiger partial charge is 0.267 e. The minimum atomic E-state index is -0.486. The predicted molar refractivity (Wildman–Crippen MR) is 102 cm³/mol. The first-order valence-corrected chi connectivity index (χ1v) is 8.67. The molecule has 7 nitrogen and oxygen atoms in total. The van der Waals surface area contributed by atoms with Crippen LogP contribution in [-0.4, -0.2) is 27.7 Å². The Hall–Kier alpha value is -3.87. The summed E-state index contributed by atoms with van der Waals surface area (Å²) in [6.07, 6.45) is 4.87. The SMILES string of the molecule is Cc1ccnc(N2C(=O)c3ccc(C(=O)NCc4cccnc4)cc3C2=O)c1. The Bertz CT molecular complexity index is 1100. The van der Waals surface area contributed by atoms with Crippen molar-refractivity contribution in [1.82, 2.24) is 15.3 Å². The highest BCUT2D eigenvalue weighted by molar-refractivity contribution is 6.34. The van der Waals surface area contributed by atoms with E-state index in [-0.39, 0.29) is 22.9 Å². The maximum atomic E-state index is 12.8. The zero-order valence-electron chi connectivity index (χ0n) is 15.0. The molecule has 1 aliphatic heterocycles. The van der Waals surface area contributed by atoms with Crippen LogP contribution < -0.4 is 10.2 Å². The zero-order valence-corrected chi connectivity index (χ0v) is 15.0. The summed E-state index contributed by atoms with van der Waals surface area (Å²) >= 11 is 0. The third kappa shape index (κ3) is 3.14. The molecule has 3 heterocycles. The van der Waals surface area contributed by atoms with Crippen molar-refractivity contribution >= 4 is 23.5 Å². The molecule has 2 aromatic heterocycles. The number of anilines is 1. The normalized spacial score (nSPS) is 12.8. The first-order valence-electron chi connectivity index (χ1n) is 8.67. The third-order valence-corrected chi connectivity index (χ3v) is 4.45. The fraction of sp³-hybridized carbons (Fsp3) is 0.0952. The number of nitrogens with one attached hydrogen (secondary N) is 1. The lowest BCUT2D eigenvalue weighted by Gasteiger charge is -2.12. The summed E-state index contributed by atoms with van der Waals surface area (Å²) in [7, 11) is 0. The molecule has 0 aliphatic carbocycles. The predicted octanol–water partition coefficient (Wildman–Crippen LogP) is 2.52. The van der Waals surface area contributed by atoms with Gasteiger partial charge in [0, 0.05) is 30.7 Å². The summed E-state index contributed by atoms with van der Waals surface area (Å²) in [4.78, 5) is 47.1. The van der Waals surface area contributed by atoms with E-state index < -0.39 is 11.8 Å². The number of imide groups is 1. The number of fused-ring (bicyclic) bond motifs is 1. The molecule has 1 aliphatic rings. The highest BCUT2D eigenvalue weighted by atomic mass is 16.2. The van der Waals surface area contributed by atoms with E-state index in [9.17, 15) is 14.4 Å². The Morgan fingerprint density at radius 2 is 1.86 bits per heavy atom. The number of hydrogen-bond acceptors (Lipinski definition) is 5. The molecule has 0 radical (unpaired) electrons. The van der Waals surface area contributed by atoms with Crippen molar-refractivity contribution in [1.29, 1.82) is 0 Å². The van der Waals surface area contributed by atoms with Gasteiger partial charge in [-0.05, 0) is 54.4 Å². The van der Waals surface area contributed by atoms with Crippen molar-refractivity contribution in [2.24, 2.45) is 0 Å². The topological polar surface area (TPSA) is 92.3 Å². The number of nitrogens with zero attached hydrogens (tertiary/aromatic N) is 3. The van der Waals surface area contributed by atoms with Gasteiger partial charge in [-0.25, -0.2) is 9.88 Å². The van der Waals surface area contributed by atoms with Crippen LogP contribution in [0.15, 0.2) is 61.1 Å². The minimum Gasteiger partial charge on any atom is -0.348 e. The van der Waals surface area contributed by atoms with Gasteiger partial charge >= 0.3 is 0 Å². The van der Waals surface area contributed by atoms with E-state index >= 15 is 0 Å². The van der Waals surface area contributed by atoms with Crippen LogP contribution in [0.3, 0.4) is 0 Å². The molecule has 0 saturated heterocycles. The number of carbonyl (C=O) groups excluding carboxylic acids is 3. The lowest BCUT2D eigenvalue weighted by Crippen LogP contribution is -2.30. The Labute approximate surface area is 161 Å². The Morgan fingerprint density at radius 1 is 1.04 bits per heavy atom. The average Bonchev–Trinajstić information content (AvgIpc) is 2.97.